The summed E-state index contributed by atoms with van der Waals surface area (Å²) in [5.41, 5.74) is 6.13. The molecule has 4 nitrogen and oxygen atoms in total. The maximum Gasteiger partial charge on any atom is 0.159 e. The molecular weight excluding hydrogens is 363 g/mol. The summed E-state index contributed by atoms with van der Waals surface area (Å²) in [7, 11) is 0. The van der Waals surface area contributed by atoms with E-state index in [1.807, 2.05) is 12.1 Å². The molecule has 4 heterocycles. The number of halogens is 2. The number of hydrogen-bond acceptors (Lipinski definition) is 3. The summed E-state index contributed by atoms with van der Waals surface area (Å²) in [5, 5.41) is 0.758. The number of alkyl halides is 1. The Morgan fingerprint density at radius 2 is 2.04 bits per heavy atom. The minimum absolute atomic E-state index is 0.414. The van der Waals surface area contributed by atoms with Crippen molar-refractivity contribution >= 4 is 22.8 Å². The molecule has 0 bridgehead atoms. The van der Waals surface area contributed by atoms with E-state index in [1.54, 1.807) is 6.20 Å². The van der Waals surface area contributed by atoms with Crippen LogP contribution in [0.3, 0.4) is 0 Å². The van der Waals surface area contributed by atoms with E-state index < -0.39 is 6.67 Å². The zero-order valence-electron chi connectivity index (χ0n) is 15.2. The van der Waals surface area contributed by atoms with Gasteiger partial charge in [0.1, 0.15) is 12.2 Å². The van der Waals surface area contributed by atoms with E-state index in [2.05, 4.69) is 31.6 Å². The molecule has 2 aliphatic rings. The predicted octanol–water partition coefficient (Wildman–Crippen LogP) is 4.49. The van der Waals surface area contributed by atoms with Crippen LogP contribution in [0.2, 0.25) is 5.02 Å². The molecule has 1 atom stereocenters. The van der Waals surface area contributed by atoms with E-state index >= 15 is 0 Å². The minimum atomic E-state index is -0.567. The van der Waals surface area contributed by atoms with Crippen LogP contribution in [0.4, 0.5) is 4.39 Å². The van der Waals surface area contributed by atoms with Crippen LogP contribution in [0, 0.1) is 0 Å². The van der Waals surface area contributed by atoms with Gasteiger partial charge in [-0.05, 0) is 43.5 Å². The van der Waals surface area contributed by atoms with Gasteiger partial charge in [-0.15, -0.1) is 0 Å². The molecule has 0 aliphatic carbocycles. The molecule has 2 aliphatic heterocycles. The van der Waals surface area contributed by atoms with Crippen LogP contribution >= 0.6 is 11.6 Å². The Balaban J connectivity index is 1.58. The Morgan fingerprint density at radius 1 is 1.19 bits per heavy atom. The standard InChI is InChI=1S/C21H22ClFN4/c22-15-5-3-14(4-6-15)7-11-27-18-8-10-26-9-1-2-17(26)19(18)20-21(27)24-13-16(12-23)25-20/h3-6,13,17H,1-2,7-12H2. The predicted molar refractivity (Wildman–Crippen MR) is 105 cm³/mol. The molecule has 1 saturated heterocycles. The molecular formula is C21H22ClFN4. The number of fused-ring (bicyclic) bond motifs is 5. The molecule has 0 spiro atoms. The highest BCUT2D eigenvalue weighted by Crippen LogP contribution is 2.42. The van der Waals surface area contributed by atoms with Crippen molar-refractivity contribution in [1.29, 1.82) is 0 Å². The Bertz CT molecular complexity index is 982. The first-order valence-electron chi connectivity index (χ1n) is 9.66. The first-order chi connectivity index (χ1) is 13.2. The fourth-order valence-corrected chi connectivity index (χ4v) is 4.82. The zero-order valence-corrected chi connectivity index (χ0v) is 15.9. The molecule has 1 fully saturated rings. The Morgan fingerprint density at radius 3 is 2.85 bits per heavy atom. The molecule has 140 valence electrons. The van der Waals surface area contributed by atoms with Gasteiger partial charge in [-0.1, -0.05) is 23.7 Å². The molecule has 0 amide bonds. The molecule has 27 heavy (non-hydrogen) atoms. The Labute approximate surface area is 163 Å². The molecule has 5 rings (SSSR count). The van der Waals surface area contributed by atoms with Gasteiger partial charge >= 0.3 is 0 Å². The minimum Gasteiger partial charge on any atom is -0.328 e. The van der Waals surface area contributed by atoms with Crippen molar-refractivity contribution in [3.8, 4) is 0 Å². The largest absolute Gasteiger partial charge is 0.328 e. The lowest BCUT2D eigenvalue weighted by Crippen LogP contribution is -2.31. The maximum atomic E-state index is 13.2. The summed E-state index contributed by atoms with van der Waals surface area (Å²) in [4.78, 5) is 11.8. The molecule has 1 aromatic carbocycles. The van der Waals surface area contributed by atoms with E-state index in [9.17, 15) is 4.39 Å². The third-order valence-corrected chi connectivity index (χ3v) is 6.21. The second kappa shape index (κ2) is 6.88. The topological polar surface area (TPSA) is 34.0 Å². The average Bonchev–Trinajstić information content (AvgIpc) is 3.29. The van der Waals surface area contributed by atoms with Crippen LogP contribution in [0.1, 0.15) is 41.4 Å². The first kappa shape index (κ1) is 17.1. The average molecular weight is 385 g/mol. The van der Waals surface area contributed by atoms with Crippen molar-refractivity contribution in [1.82, 2.24) is 19.4 Å². The summed E-state index contributed by atoms with van der Waals surface area (Å²) in [6, 6.07) is 8.43. The monoisotopic (exact) mass is 384 g/mol. The summed E-state index contributed by atoms with van der Waals surface area (Å²) in [6.45, 7) is 2.52. The molecule has 2 aromatic heterocycles. The number of benzene rings is 1. The van der Waals surface area contributed by atoms with Gasteiger partial charge in [0.2, 0.25) is 0 Å². The van der Waals surface area contributed by atoms with Crippen LogP contribution in [0.5, 0.6) is 0 Å². The van der Waals surface area contributed by atoms with Crippen molar-refractivity contribution < 1.29 is 4.39 Å². The lowest BCUT2D eigenvalue weighted by atomic mass is 9.98. The fraction of sp³-hybridized carbons (Fsp3) is 0.429. The van der Waals surface area contributed by atoms with E-state index in [-0.39, 0.29) is 0 Å². The molecule has 0 radical (unpaired) electrons. The van der Waals surface area contributed by atoms with Gasteiger partial charge < -0.3 is 4.57 Å². The highest BCUT2D eigenvalue weighted by molar-refractivity contribution is 6.30. The summed E-state index contributed by atoms with van der Waals surface area (Å²) in [5.74, 6) is 0. The van der Waals surface area contributed by atoms with Crippen LogP contribution < -0.4 is 0 Å². The maximum absolute atomic E-state index is 13.2. The summed E-state index contributed by atoms with van der Waals surface area (Å²) >= 11 is 6.01. The second-order valence-electron chi connectivity index (χ2n) is 7.50. The van der Waals surface area contributed by atoms with Crippen LogP contribution in [0.15, 0.2) is 30.5 Å². The Kier molecular flexibility index (Phi) is 4.37. The first-order valence-corrected chi connectivity index (χ1v) is 10.0. The van der Waals surface area contributed by atoms with Gasteiger partial charge in [0.15, 0.2) is 5.65 Å². The normalized spacial score (nSPS) is 19.4. The number of rotatable bonds is 4. The lowest BCUT2D eigenvalue weighted by molar-refractivity contribution is 0.241. The van der Waals surface area contributed by atoms with E-state index in [1.165, 1.54) is 23.2 Å². The number of aryl methyl sites for hydroxylation is 2. The van der Waals surface area contributed by atoms with Gasteiger partial charge in [-0.3, -0.25) is 4.90 Å². The third-order valence-electron chi connectivity index (χ3n) is 5.96. The third kappa shape index (κ3) is 2.93. The van der Waals surface area contributed by atoms with Crippen LogP contribution in [-0.2, 0) is 26.1 Å². The van der Waals surface area contributed by atoms with Crippen molar-refractivity contribution in [3.63, 3.8) is 0 Å². The van der Waals surface area contributed by atoms with Crippen molar-refractivity contribution in [3.05, 3.63) is 58.0 Å². The van der Waals surface area contributed by atoms with Gasteiger partial charge in [0, 0.05) is 41.8 Å². The van der Waals surface area contributed by atoms with Crippen molar-refractivity contribution in [2.45, 2.75) is 44.9 Å². The molecule has 3 aromatic rings. The number of nitrogens with zero attached hydrogens (tertiary/aromatic N) is 4. The van der Waals surface area contributed by atoms with E-state index in [0.29, 0.717) is 11.7 Å². The molecule has 6 heteroatoms. The molecule has 0 saturated carbocycles. The van der Waals surface area contributed by atoms with E-state index in [4.69, 9.17) is 11.6 Å². The van der Waals surface area contributed by atoms with Gasteiger partial charge in [-0.25, -0.2) is 14.4 Å². The van der Waals surface area contributed by atoms with Crippen molar-refractivity contribution in [2.24, 2.45) is 0 Å². The molecule has 0 N–H and O–H groups in total. The SMILES string of the molecule is FCc1cnc2c(n1)c1c(n2CCc2ccc(Cl)cc2)CCN2CCCC12. The quantitative estimate of drug-likeness (QED) is 0.664. The van der Waals surface area contributed by atoms with Gasteiger partial charge in [0.05, 0.1) is 11.9 Å². The fourth-order valence-electron chi connectivity index (χ4n) is 4.69. The zero-order chi connectivity index (χ0) is 18.4. The number of aromatic nitrogens is 3. The summed E-state index contributed by atoms with van der Waals surface area (Å²) < 4.78 is 15.6. The molecule has 1 unspecified atom stereocenters. The number of hydrogen-bond donors (Lipinski definition) is 0. The Hall–Kier alpha value is -1.98. The smallest absolute Gasteiger partial charge is 0.159 e. The highest BCUT2D eigenvalue weighted by atomic mass is 35.5. The van der Waals surface area contributed by atoms with Crippen LogP contribution in [-0.4, -0.2) is 32.5 Å². The summed E-state index contributed by atoms with van der Waals surface area (Å²) in [6.07, 6.45) is 5.88. The second-order valence-corrected chi connectivity index (χ2v) is 7.94. The lowest BCUT2D eigenvalue weighted by Gasteiger charge is -2.30. The highest BCUT2D eigenvalue weighted by Gasteiger charge is 2.36. The van der Waals surface area contributed by atoms with E-state index in [0.717, 1.165) is 55.1 Å². The van der Waals surface area contributed by atoms with Gasteiger partial charge in [0.25, 0.3) is 0 Å². The van der Waals surface area contributed by atoms with Crippen molar-refractivity contribution in [2.75, 3.05) is 13.1 Å². The van der Waals surface area contributed by atoms with Gasteiger partial charge in [-0.2, -0.15) is 0 Å². The van der Waals surface area contributed by atoms with Crippen LogP contribution in [0.25, 0.3) is 11.2 Å².